The van der Waals surface area contributed by atoms with E-state index in [1.807, 2.05) is 58.3 Å². The van der Waals surface area contributed by atoms with Gasteiger partial charge in [0.25, 0.3) is 0 Å². The lowest BCUT2D eigenvalue weighted by Crippen LogP contribution is -2.02. The molecule has 0 atom stereocenters. The molecule has 6 aromatic heterocycles. The van der Waals surface area contributed by atoms with Gasteiger partial charge >= 0.3 is 0 Å². The Kier molecular flexibility index (Phi) is 8.21. The fraction of sp³-hybridized carbons (Fsp3) is 0.360. The van der Waals surface area contributed by atoms with Crippen molar-refractivity contribution in [3.63, 3.8) is 0 Å². The van der Waals surface area contributed by atoms with Gasteiger partial charge in [0.15, 0.2) is 22.6 Å². The van der Waals surface area contributed by atoms with E-state index in [0.717, 1.165) is 56.4 Å². The monoisotopic (exact) mass is 545 g/mol. The number of imidazole rings is 1. The molecular weight excluding hydrogens is 510 g/mol. The molecule has 0 spiro atoms. The van der Waals surface area contributed by atoms with Gasteiger partial charge in [0, 0.05) is 55.5 Å². The van der Waals surface area contributed by atoms with Crippen LogP contribution in [0.5, 0.6) is 0 Å². The third-order valence-electron chi connectivity index (χ3n) is 6.23. The van der Waals surface area contributed by atoms with Gasteiger partial charge in [-0.15, -0.1) is 0 Å². The van der Waals surface area contributed by atoms with Crippen LogP contribution in [0.15, 0.2) is 25.2 Å². The summed E-state index contributed by atoms with van der Waals surface area (Å²) in [6.07, 6.45) is 6.89. The summed E-state index contributed by atoms with van der Waals surface area (Å²) in [4.78, 5) is 29.4. The number of anilines is 4. The maximum absolute atomic E-state index is 4.30. The lowest BCUT2D eigenvalue weighted by molar-refractivity contribution is 0.773. The van der Waals surface area contributed by atoms with Gasteiger partial charge in [-0.05, 0) is 19.4 Å². The van der Waals surface area contributed by atoms with Crippen molar-refractivity contribution in [1.82, 2.24) is 53.8 Å². The molecule has 0 aromatic carbocycles. The Balaban J connectivity index is 0.000000139. The lowest BCUT2D eigenvalue weighted by atomic mass is 10.2. The molecular formula is C25H35N15. The molecule has 15 nitrogen and oxygen atoms in total. The summed E-state index contributed by atoms with van der Waals surface area (Å²) in [5.74, 6) is 3.05. The molecule has 0 unspecified atom stereocenters. The first kappa shape index (κ1) is 27.9. The van der Waals surface area contributed by atoms with E-state index in [0.29, 0.717) is 5.95 Å². The van der Waals surface area contributed by atoms with Gasteiger partial charge in [-0.1, -0.05) is 0 Å². The minimum atomic E-state index is 0.588. The number of hydrogen-bond acceptors (Lipinski definition) is 12. The predicted octanol–water partition coefficient (Wildman–Crippen LogP) is 2.48. The van der Waals surface area contributed by atoms with Gasteiger partial charge in [0.1, 0.15) is 29.9 Å². The Bertz CT molecular complexity index is 1680. The maximum atomic E-state index is 4.30. The van der Waals surface area contributed by atoms with Crippen LogP contribution < -0.4 is 21.3 Å². The van der Waals surface area contributed by atoms with Crippen molar-refractivity contribution in [2.45, 2.75) is 13.8 Å². The molecule has 0 bridgehead atoms. The summed E-state index contributed by atoms with van der Waals surface area (Å²) in [7, 11) is 13.1. The lowest BCUT2D eigenvalue weighted by Gasteiger charge is -2.03. The summed E-state index contributed by atoms with van der Waals surface area (Å²) in [5.41, 5.74) is 5.57. The van der Waals surface area contributed by atoms with Gasteiger partial charge < -0.3 is 30.4 Å². The normalized spacial score (nSPS) is 10.6. The molecule has 15 heteroatoms. The second-order valence-electron chi connectivity index (χ2n) is 8.90. The second kappa shape index (κ2) is 11.8. The van der Waals surface area contributed by atoms with Crippen LogP contribution >= 0.6 is 0 Å². The van der Waals surface area contributed by atoms with E-state index in [2.05, 4.69) is 74.4 Å². The molecule has 0 aliphatic carbocycles. The largest absolute Gasteiger partial charge is 0.372 e. The third-order valence-corrected chi connectivity index (χ3v) is 6.23. The van der Waals surface area contributed by atoms with Crippen molar-refractivity contribution in [1.29, 1.82) is 0 Å². The highest BCUT2D eigenvalue weighted by molar-refractivity contribution is 5.90. The highest BCUT2D eigenvalue weighted by Gasteiger charge is 2.11. The Morgan fingerprint density at radius 3 is 1.88 bits per heavy atom. The average molecular weight is 546 g/mol. The quantitative estimate of drug-likeness (QED) is 0.256. The van der Waals surface area contributed by atoms with E-state index >= 15 is 0 Å². The number of nitrogens with one attached hydrogen (secondary N) is 4. The van der Waals surface area contributed by atoms with Crippen molar-refractivity contribution < 1.29 is 0 Å². The predicted molar refractivity (Wildman–Crippen MR) is 159 cm³/mol. The molecule has 40 heavy (non-hydrogen) atoms. The van der Waals surface area contributed by atoms with Gasteiger partial charge in [0.05, 0.1) is 22.8 Å². The summed E-state index contributed by atoms with van der Waals surface area (Å²) in [6.45, 7) is 4.01. The van der Waals surface area contributed by atoms with Gasteiger partial charge in [-0.2, -0.15) is 15.1 Å². The molecule has 0 aliphatic heterocycles. The topological polar surface area (TPSA) is 166 Å². The summed E-state index contributed by atoms with van der Waals surface area (Å²) in [5, 5.41) is 18.3. The zero-order valence-electron chi connectivity index (χ0n) is 24.2. The standard InChI is InChI=1S/C9H12N4.C8H12N6.C8H11N5/c1-6-4-13(3)9-7(6)8(10-2)11-5-12-9;1-9-6-5-7(14(3)4-11-5)13-8(10-2)12-6;1-5-6-7(9-2)10-4-11-8(6)13(3)12-5/h4-5H,1-3H3,(H,10,11,12);4H,1-3H3,(H2,9,10,12,13);4H,1-3H3,(H,9,10,11). The first-order chi connectivity index (χ1) is 19.2. The minimum Gasteiger partial charge on any atom is -0.372 e. The highest BCUT2D eigenvalue weighted by Crippen LogP contribution is 2.24. The molecule has 0 saturated heterocycles. The van der Waals surface area contributed by atoms with E-state index in [1.54, 1.807) is 24.4 Å². The number of fused-ring (bicyclic) bond motifs is 3. The van der Waals surface area contributed by atoms with Crippen LogP contribution in [0, 0.1) is 13.8 Å². The number of hydrogen-bond donors (Lipinski definition) is 4. The Morgan fingerprint density at radius 1 is 0.625 bits per heavy atom. The number of rotatable bonds is 4. The summed E-state index contributed by atoms with van der Waals surface area (Å²) in [6, 6.07) is 0. The van der Waals surface area contributed by atoms with E-state index < -0.39 is 0 Å². The second-order valence-corrected chi connectivity index (χ2v) is 8.90. The highest BCUT2D eigenvalue weighted by atomic mass is 15.3. The minimum absolute atomic E-state index is 0.588. The summed E-state index contributed by atoms with van der Waals surface area (Å²) >= 11 is 0. The molecule has 4 N–H and O–H groups in total. The van der Waals surface area contributed by atoms with Crippen LogP contribution in [0.3, 0.4) is 0 Å². The van der Waals surface area contributed by atoms with E-state index in [-0.39, 0.29) is 0 Å². The number of aromatic nitrogens is 11. The average Bonchev–Trinajstić information content (AvgIpc) is 3.60. The molecule has 0 amide bonds. The van der Waals surface area contributed by atoms with Crippen molar-refractivity contribution in [2.75, 3.05) is 49.5 Å². The van der Waals surface area contributed by atoms with Gasteiger partial charge in [-0.3, -0.25) is 4.68 Å². The van der Waals surface area contributed by atoms with Crippen LogP contribution in [-0.4, -0.2) is 82.0 Å². The van der Waals surface area contributed by atoms with E-state index in [9.17, 15) is 0 Å². The van der Waals surface area contributed by atoms with Crippen LogP contribution in [0.4, 0.5) is 23.4 Å². The molecule has 6 heterocycles. The van der Waals surface area contributed by atoms with Crippen LogP contribution in [-0.2, 0) is 21.1 Å². The van der Waals surface area contributed by atoms with Crippen LogP contribution in [0.25, 0.3) is 33.2 Å². The molecule has 6 aromatic rings. The molecule has 6 rings (SSSR count). The van der Waals surface area contributed by atoms with E-state index in [1.165, 1.54) is 11.9 Å². The Morgan fingerprint density at radius 2 is 1.25 bits per heavy atom. The number of aryl methyl sites for hydroxylation is 5. The van der Waals surface area contributed by atoms with Crippen molar-refractivity contribution in [3.05, 3.63) is 36.4 Å². The first-order valence-electron chi connectivity index (χ1n) is 12.5. The molecule has 0 radical (unpaired) electrons. The zero-order chi connectivity index (χ0) is 29.0. The molecule has 0 aliphatic rings. The Hall–Kier alpha value is -5.08. The van der Waals surface area contributed by atoms with Gasteiger partial charge in [0.2, 0.25) is 5.95 Å². The molecule has 210 valence electrons. The molecule has 0 saturated carbocycles. The number of nitrogens with zero attached hydrogens (tertiary/aromatic N) is 11. The SMILES string of the molecule is CNc1nc(NC)c2ncn(C)c2n1.CNc1ncnc2c1c(C)cn2C.CNc1ncnc2c1c(C)nn2C. The van der Waals surface area contributed by atoms with Crippen molar-refractivity contribution in [2.24, 2.45) is 21.1 Å². The van der Waals surface area contributed by atoms with E-state index in [4.69, 9.17) is 0 Å². The smallest absolute Gasteiger partial charge is 0.226 e. The van der Waals surface area contributed by atoms with Crippen LogP contribution in [0.2, 0.25) is 0 Å². The van der Waals surface area contributed by atoms with Crippen LogP contribution in [0.1, 0.15) is 11.3 Å². The molecule has 0 fully saturated rings. The first-order valence-corrected chi connectivity index (χ1v) is 12.5. The fourth-order valence-corrected chi connectivity index (χ4v) is 4.37. The zero-order valence-corrected chi connectivity index (χ0v) is 24.2. The van der Waals surface area contributed by atoms with Gasteiger partial charge in [-0.25, -0.2) is 24.9 Å². The van der Waals surface area contributed by atoms with Crippen molar-refractivity contribution in [3.8, 4) is 0 Å². The summed E-state index contributed by atoms with van der Waals surface area (Å²) < 4.78 is 5.62. The maximum Gasteiger partial charge on any atom is 0.226 e. The third kappa shape index (κ3) is 5.25. The van der Waals surface area contributed by atoms with Crippen molar-refractivity contribution >= 4 is 56.6 Å². The fourth-order valence-electron chi connectivity index (χ4n) is 4.37. The Labute approximate surface area is 231 Å².